The van der Waals surface area contributed by atoms with E-state index in [1.807, 2.05) is 24.5 Å². The highest BCUT2D eigenvalue weighted by Gasteiger charge is 2.29. The zero-order valence-electron chi connectivity index (χ0n) is 14.9. The molecule has 1 aromatic carbocycles. The molecule has 0 saturated carbocycles. The SMILES string of the molecule is C=CCn1c(C)cc(C(=O)COC(=O)[C@@H]2COc3ccccc3O2)c1C. The number of carbonyl (C=O) groups excluding carboxylic acids is 2. The normalized spacial score (nSPS) is 15.4. The quantitative estimate of drug-likeness (QED) is 0.453. The molecule has 3 rings (SSSR count). The number of aryl methyl sites for hydroxylation is 1. The first-order chi connectivity index (χ1) is 12.5. The number of hydrogen-bond donors (Lipinski definition) is 0. The van der Waals surface area contributed by atoms with Crippen LogP contribution in [0.3, 0.4) is 0 Å². The van der Waals surface area contributed by atoms with Gasteiger partial charge >= 0.3 is 5.97 Å². The number of rotatable bonds is 6. The van der Waals surface area contributed by atoms with Crippen molar-refractivity contribution in [1.29, 1.82) is 0 Å². The van der Waals surface area contributed by atoms with Gasteiger partial charge in [-0.3, -0.25) is 4.79 Å². The van der Waals surface area contributed by atoms with Crippen LogP contribution >= 0.6 is 0 Å². The van der Waals surface area contributed by atoms with E-state index in [1.165, 1.54) is 0 Å². The molecule has 0 N–H and O–H groups in total. The fourth-order valence-electron chi connectivity index (χ4n) is 2.94. The van der Waals surface area contributed by atoms with Gasteiger partial charge in [0.25, 0.3) is 0 Å². The molecule has 0 bridgehead atoms. The molecule has 0 fully saturated rings. The number of ketones is 1. The summed E-state index contributed by atoms with van der Waals surface area (Å²) in [5, 5.41) is 0. The van der Waals surface area contributed by atoms with E-state index < -0.39 is 12.1 Å². The highest BCUT2D eigenvalue weighted by molar-refractivity contribution is 5.99. The number of fused-ring (bicyclic) bond motifs is 1. The van der Waals surface area contributed by atoms with Crippen LogP contribution in [0.5, 0.6) is 11.5 Å². The van der Waals surface area contributed by atoms with Crippen molar-refractivity contribution in [3.8, 4) is 11.5 Å². The molecule has 0 amide bonds. The van der Waals surface area contributed by atoms with Crippen molar-refractivity contribution in [3.63, 3.8) is 0 Å². The van der Waals surface area contributed by atoms with E-state index >= 15 is 0 Å². The van der Waals surface area contributed by atoms with Crippen LogP contribution in [0.4, 0.5) is 0 Å². The van der Waals surface area contributed by atoms with Gasteiger partial charge in [0.15, 0.2) is 18.1 Å². The average molecular weight is 355 g/mol. The van der Waals surface area contributed by atoms with E-state index in [-0.39, 0.29) is 19.0 Å². The summed E-state index contributed by atoms with van der Waals surface area (Å²) in [4.78, 5) is 24.6. The second kappa shape index (κ2) is 7.47. The molecular weight excluding hydrogens is 334 g/mol. The van der Waals surface area contributed by atoms with E-state index in [1.54, 1.807) is 30.3 Å². The van der Waals surface area contributed by atoms with E-state index in [9.17, 15) is 9.59 Å². The summed E-state index contributed by atoms with van der Waals surface area (Å²) in [7, 11) is 0. The number of para-hydroxylation sites is 2. The fraction of sp³-hybridized carbons (Fsp3) is 0.300. The molecular formula is C20H21NO5. The number of esters is 1. The summed E-state index contributed by atoms with van der Waals surface area (Å²) < 4.78 is 18.2. The van der Waals surface area contributed by atoms with Gasteiger partial charge in [-0.1, -0.05) is 18.2 Å². The predicted octanol–water partition coefficient (Wildman–Crippen LogP) is 2.86. The smallest absolute Gasteiger partial charge is 0.351 e. The first-order valence-electron chi connectivity index (χ1n) is 8.37. The highest BCUT2D eigenvalue weighted by Crippen LogP contribution is 2.31. The summed E-state index contributed by atoms with van der Waals surface area (Å²) in [6.45, 7) is 7.84. The maximum atomic E-state index is 12.4. The van der Waals surface area contributed by atoms with Gasteiger partial charge in [0, 0.05) is 23.5 Å². The van der Waals surface area contributed by atoms with Crippen LogP contribution in [0.15, 0.2) is 43.0 Å². The van der Waals surface area contributed by atoms with E-state index in [0.717, 1.165) is 11.4 Å². The van der Waals surface area contributed by atoms with E-state index in [2.05, 4.69) is 6.58 Å². The van der Waals surface area contributed by atoms with Crippen LogP contribution in [0.1, 0.15) is 21.7 Å². The van der Waals surface area contributed by atoms with Crippen molar-refractivity contribution in [2.75, 3.05) is 13.2 Å². The van der Waals surface area contributed by atoms with Crippen LogP contribution in [0.2, 0.25) is 0 Å². The fourth-order valence-corrected chi connectivity index (χ4v) is 2.94. The molecule has 1 aliphatic heterocycles. The van der Waals surface area contributed by atoms with Crippen molar-refractivity contribution in [2.45, 2.75) is 26.5 Å². The van der Waals surface area contributed by atoms with Crippen LogP contribution < -0.4 is 9.47 Å². The van der Waals surface area contributed by atoms with E-state index in [4.69, 9.17) is 14.2 Å². The van der Waals surface area contributed by atoms with Crippen molar-refractivity contribution < 1.29 is 23.8 Å². The molecule has 2 heterocycles. The lowest BCUT2D eigenvalue weighted by Gasteiger charge is -2.24. The lowest BCUT2D eigenvalue weighted by molar-refractivity contribution is -0.153. The number of hydrogen-bond acceptors (Lipinski definition) is 5. The molecule has 6 nitrogen and oxygen atoms in total. The molecule has 2 aromatic rings. The third-order valence-electron chi connectivity index (χ3n) is 4.30. The monoisotopic (exact) mass is 355 g/mol. The van der Waals surface area contributed by atoms with Crippen LogP contribution in [0.25, 0.3) is 0 Å². The standard InChI is InChI=1S/C20H21NO5/c1-4-9-21-13(2)10-15(14(21)3)16(22)11-25-20(23)19-12-24-17-7-5-6-8-18(17)26-19/h4-8,10,19H,1,9,11-12H2,2-3H3/t19-/m0/s1. The topological polar surface area (TPSA) is 66.8 Å². The van der Waals surface area contributed by atoms with Gasteiger partial charge < -0.3 is 18.8 Å². The number of Topliss-reactive ketones (excluding diaryl/α,β-unsaturated/α-hetero) is 1. The second-order valence-electron chi connectivity index (χ2n) is 6.08. The second-order valence-corrected chi connectivity index (χ2v) is 6.08. The zero-order chi connectivity index (χ0) is 18.7. The third-order valence-corrected chi connectivity index (χ3v) is 4.30. The minimum atomic E-state index is -0.883. The summed E-state index contributed by atoms with van der Waals surface area (Å²) in [5.74, 6) is 0.203. The molecule has 6 heteroatoms. The van der Waals surface area contributed by atoms with Gasteiger partial charge in [0.2, 0.25) is 11.9 Å². The molecule has 0 spiro atoms. The number of carbonyl (C=O) groups is 2. The van der Waals surface area contributed by atoms with Crippen molar-refractivity contribution >= 4 is 11.8 Å². The molecule has 1 aliphatic rings. The Balaban J connectivity index is 1.61. The Hall–Kier alpha value is -3.02. The Bertz CT molecular complexity index is 852. The lowest BCUT2D eigenvalue weighted by Crippen LogP contribution is -2.38. The number of aromatic nitrogens is 1. The van der Waals surface area contributed by atoms with Gasteiger partial charge in [0.1, 0.15) is 6.61 Å². The molecule has 0 unspecified atom stereocenters. The minimum absolute atomic E-state index is 0.0535. The molecule has 26 heavy (non-hydrogen) atoms. The Morgan fingerprint density at radius 1 is 1.31 bits per heavy atom. The van der Waals surface area contributed by atoms with Crippen molar-refractivity contribution in [3.05, 3.63) is 59.9 Å². The predicted molar refractivity (Wildman–Crippen MR) is 95.7 cm³/mol. The van der Waals surface area contributed by atoms with Crippen LogP contribution in [-0.2, 0) is 16.1 Å². The summed E-state index contributed by atoms with van der Waals surface area (Å²) in [6.07, 6.45) is 0.887. The minimum Gasteiger partial charge on any atom is -0.485 e. The van der Waals surface area contributed by atoms with Gasteiger partial charge in [-0.05, 0) is 32.0 Å². The summed E-state index contributed by atoms with van der Waals surface area (Å²) in [5.41, 5.74) is 2.33. The Labute approximate surface area is 152 Å². The summed E-state index contributed by atoms with van der Waals surface area (Å²) in [6, 6.07) is 8.89. The van der Waals surface area contributed by atoms with Crippen LogP contribution in [0, 0.1) is 13.8 Å². The van der Waals surface area contributed by atoms with E-state index in [0.29, 0.717) is 23.6 Å². The lowest BCUT2D eigenvalue weighted by atomic mass is 10.1. The number of ether oxygens (including phenoxy) is 3. The van der Waals surface area contributed by atoms with Crippen LogP contribution in [-0.4, -0.2) is 35.6 Å². The Morgan fingerprint density at radius 2 is 2.04 bits per heavy atom. The maximum absolute atomic E-state index is 12.4. The largest absolute Gasteiger partial charge is 0.485 e. The zero-order valence-corrected chi connectivity index (χ0v) is 14.9. The Kier molecular flexibility index (Phi) is 5.11. The van der Waals surface area contributed by atoms with Gasteiger partial charge in [-0.15, -0.1) is 6.58 Å². The van der Waals surface area contributed by atoms with Gasteiger partial charge in [-0.25, -0.2) is 4.79 Å². The highest BCUT2D eigenvalue weighted by atomic mass is 16.6. The maximum Gasteiger partial charge on any atom is 0.351 e. The molecule has 0 saturated heterocycles. The molecule has 0 aliphatic carbocycles. The van der Waals surface area contributed by atoms with Gasteiger partial charge in [-0.2, -0.15) is 0 Å². The first kappa shape index (κ1) is 17.8. The number of benzene rings is 1. The molecule has 1 atom stereocenters. The number of allylic oxidation sites excluding steroid dienone is 1. The summed E-state index contributed by atoms with van der Waals surface area (Å²) >= 11 is 0. The van der Waals surface area contributed by atoms with Crippen molar-refractivity contribution in [1.82, 2.24) is 4.57 Å². The average Bonchev–Trinajstić information content (AvgIpc) is 2.94. The molecule has 136 valence electrons. The molecule has 0 radical (unpaired) electrons. The first-order valence-corrected chi connectivity index (χ1v) is 8.37. The molecule has 1 aromatic heterocycles. The number of nitrogens with zero attached hydrogens (tertiary/aromatic N) is 1. The Morgan fingerprint density at radius 3 is 2.77 bits per heavy atom. The van der Waals surface area contributed by atoms with Gasteiger partial charge in [0.05, 0.1) is 0 Å². The third kappa shape index (κ3) is 3.49. The van der Waals surface area contributed by atoms with Crippen molar-refractivity contribution in [2.24, 2.45) is 0 Å².